The Balaban J connectivity index is 1.61. The van der Waals surface area contributed by atoms with Crippen molar-refractivity contribution in [2.24, 2.45) is 23.0 Å². The van der Waals surface area contributed by atoms with Gasteiger partial charge in [0.15, 0.2) is 0 Å². The molecule has 3 N–H and O–H groups in total. The molecule has 3 rings (SSSR count). The highest BCUT2D eigenvalue weighted by atomic mass is 16.5. The number of nitrogens with one attached hydrogen (secondary N) is 1. The molecule has 1 heterocycles. The van der Waals surface area contributed by atoms with E-state index in [-0.39, 0.29) is 35.4 Å². The summed E-state index contributed by atoms with van der Waals surface area (Å²) in [7, 11) is 0. The van der Waals surface area contributed by atoms with Crippen LogP contribution in [-0.4, -0.2) is 30.7 Å². The second kappa shape index (κ2) is 4.74. The Morgan fingerprint density at radius 1 is 1.32 bits per heavy atom. The highest BCUT2D eigenvalue weighted by Gasteiger charge is 2.52. The van der Waals surface area contributed by atoms with Gasteiger partial charge in [0.05, 0.1) is 12.1 Å². The van der Waals surface area contributed by atoms with E-state index in [1.165, 1.54) is 0 Å². The molecule has 0 spiro atoms. The molecule has 108 valence electrons. The summed E-state index contributed by atoms with van der Waals surface area (Å²) in [5, 5.41) is 3.17. The molecule has 5 atom stereocenters. The lowest BCUT2D eigenvalue weighted by Gasteiger charge is -2.52. The molecule has 0 aromatic rings. The van der Waals surface area contributed by atoms with Crippen molar-refractivity contribution >= 4 is 5.91 Å². The predicted octanol–water partition coefficient (Wildman–Crippen LogP) is 1.43. The van der Waals surface area contributed by atoms with Crippen LogP contribution < -0.4 is 11.1 Å². The van der Waals surface area contributed by atoms with Gasteiger partial charge in [-0.15, -0.1) is 0 Å². The van der Waals surface area contributed by atoms with E-state index in [1.54, 1.807) is 0 Å². The Kier molecular flexibility index (Phi) is 3.34. The van der Waals surface area contributed by atoms with Crippen molar-refractivity contribution in [3.63, 3.8) is 0 Å². The molecule has 3 aliphatic rings. The van der Waals surface area contributed by atoms with Crippen LogP contribution in [0.3, 0.4) is 0 Å². The molecule has 4 nitrogen and oxygen atoms in total. The van der Waals surface area contributed by atoms with Crippen molar-refractivity contribution in [2.75, 3.05) is 6.61 Å². The minimum Gasteiger partial charge on any atom is -0.376 e. The topological polar surface area (TPSA) is 64.4 Å². The first kappa shape index (κ1) is 13.4. The third-order valence-electron chi connectivity index (χ3n) is 5.56. The number of carbonyl (C=O) groups excluding carboxylic acids is 1. The molecule has 1 amide bonds. The lowest BCUT2D eigenvalue weighted by Crippen LogP contribution is -2.72. The Bertz CT molecular complexity index is 369. The van der Waals surface area contributed by atoms with Gasteiger partial charge in [0, 0.05) is 24.5 Å². The van der Waals surface area contributed by atoms with Crippen LogP contribution in [0.4, 0.5) is 0 Å². The van der Waals surface area contributed by atoms with E-state index >= 15 is 0 Å². The van der Waals surface area contributed by atoms with Crippen LogP contribution in [0.2, 0.25) is 0 Å². The van der Waals surface area contributed by atoms with Gasteiger partial charge in [0.25, 0.3) is 0 Å². The molecule has 0 radical (unpaired) electrons. The molecule has 4 heteroatoms. The Labute approximate surface area is 115 Å². The van der Waals surface area contributed by atoms with Gasteiger partial charge in [-0.2, -0.15) is 0 Å². The molecule has 0 bridgehead atoms. The standard InChI is InChI=1S/C15H26N2O2/c1-15(2)7-3-6-10(15)14(18)17-12-11(16)9-5-4-8-19-13(9)12/h9-13H,3-8,16H2,1-2H3,(H,17,18). The summed E-state index contributed by atoms with van der Waals surface area (Å²) >= 11 is 0. The van der Waals surface area contributed by atoms with Gasteiger partial charge in [0.2, 0.25) is 5.91 Å². The summed E-state index contributed by atoms with van der Waals surface area (Å²) in [4.78, 5) is 12.5. The van der Waals surface area contributed by atoms with Gasteiger partial charge >= 0.3 is 0 Å². The van der Waals surface area contributed by atoms with Gasteiger partial charge < -0.3 is 15.8 Å². The number of hydrogen-bond donors (Lipinski definition) is 2. The maximum Gasteiger partial charge on any atom is 0.224 e. The molecular weight excluding hydrogens is 240 g/mol. The monoisotopic (exact) mass is 266 g/mol. The van der Waals surface area contributed by atoms with Crippen LogP contribution in [-0.2, 0) is 9.53 Å². The average Bonchev–Trinajstić information content (AvgIpc) is 2.75. The van der Waals surface area contributed by atoms with Crippen LogP contribution >= 0.6 is 0 Å². The van der Waals surface area contributed by atoms with E-state index in [9.17, 15) is 4.79 Å². The SMILES string of the molecule is CC1(C)CCCC1C(=O)NC1C(N)C2CCCOC21. The number of fused-ring (bicyclic) bond motifs is 1. The van der Waals surface area contributed by atoms with Crippen molar-refractivity contribution < 1.29 is 9.53 Å². The third kappa shape index (κ3) is 2.19. The zero-order chi connectivity index (χ0) is 13.6. The Morgan fingerprint density at radius 2 is 2.11 bits per heavy atom. The molecule has 2 saturated carbocycles. The van der Waals surface area contributed by atoms with E-state index in [2.05, 4.69) is 19.2 Å². The Hall–Kier alpha value is -0.610. The summed E-state index contributed by atoms with van der Waals surface area (Å²) in [6, 6.07) is 0.118. The summed E-state index contributed by atoms with van der Waals surface area (Å²) in [6.45, 7) is 5.21. The van der Waals surface area contributed by atoms with Gasteiger partial charge in [-0.3, -0.25) is 4.79 Å². The molecule has 5 unspecified atom stereocenters. The first-order valence-electron chi connectivity index (χ1n) is 7.68. The highest BCUT2D eigenvalue weighted by Crippen LogP contribution is 2.43. The third-order valence-corrected chi connectivity index (χ3v) is 5.56. The lowest BCUT2D eigenvalue weighted by molar-refractivity contribution is -0.144. The predicted molar refractivity (Wildman–Crippen MR) is 73.5 cm³/mol. The van der Waals surface area contributed by atoms with Crippen molar-refractivity contribution in [2.45, 2.75) is 64.1 Å². The van der Waals surface area contributed by atoms with E-state index in [4.69, 9.17) is 10.5 Å². The second-order valence-corrected chi connectivity index (χ2v) is 7.19. The first-order chi connectivity index (χ1) is 9.00. The smallest absolute Gasteiger partial charge is 0.224 e. The molecule has 0 aromatic heterocycles. The molecule has 2 aliphatic carbocycles. The number of ether oxygens (including phenoxy) is 1. The van der Waals surface area contributed by atoms with Crippen molar-refractivity contribution in [3.8, 4) is 0 Å². The van der Waals surface area contributed by atoms with Crippen molar-refractivity contribution in [1.29, 1.82) is 0 Å². The van der Waals surface area contributed by atoms with Crippen LogP contribution in [0.15, 0.2) is 0 Å². The highest BCUT2D eigenvalue weighted by molar-refractivity contribution is 5.80. The van der Waals surface area contributed by atoms with Gasteiger partial charge in [-0.25, -0.2) is 0 Å². The largest absolute Gasteiger partial charge is 0.376 e. The molecule has 19 heavy (non-hydrogen) atoms. The lowest BCUT2D eigenvalue weighted by atomic mass is 9.68. The number of rotatable bonds is 2. The quantitative estimate of drug-likeness (QED) is 0.795. The minimum atomic E-state index is 0.0363. The van der Waals surface area contributed by atoms with Gasteiger partial charge in [-0.05, 0) is 31.1 Å². The van der Waals surface area contributed by atoms with Crippen LogP contribution in [0.25, 0.3) is 0 Å². The second-order valence-electron chi connectivity index (χ2n) is 7.19. The Morgan fingerprint density at radius 3 is 2.79 bits per heavy atom. The molecule has 1 saturated heterocycles. The van der Waals surface area contributed by atoms with Crippen LogP contribution in [0, 0.1) is 17.3 Å². The van der Waals surface area contributed by atoms with E-state index in [0.29, 0.717) is 5.92 Å². The van der Waals surface area contributed by atoms with Gasteiger partial charge in [0.1, 0.15) is 0 Å². The summed E-state index contributed by atoms with van der Waals surface area (Å²) in [6.07, 6.45) is 5.72. The van der Waals surface area contributed by atoms with Crippen LogP contribution in [0.1, 0.15) is 46.0 Å². The fourth-order valence-electron chi connectivity index (χ4n) is 4.20. The number of carbonyl (C=O) groups is 1. The van der Waals surface area contributed by atoms with E-state index in [1.807, 2.05) is 0 Å². The minimum absolute atomic E-state index is 0.0363. The zero-order valence-corrected chi connectivity index (χ0v) is 12.0. The van der Waals surface area contributed by atoms with E-state index < -0.39 is 0 Å². The summed E-state index contributed by atoms with van der Waals surface area (Å²) < 4.78 is 5.78. The maximum absolute atomic E-state index is 12.5. The maximum atomic E-state index is 12.5. The zero-order valence-electron chi connectivity index (χ0n) is 12.0. The van der Waals surface area contributed by atoms with Crippen LogP contribution in [0.5, 0.6) is 0 Å². The molecule has 1 aliphatic heterocycles. The fraction of sp³-hybridized carbons (Fsp3) is 0.933. The summed E-state index contributed by atoms with van der Waals surface area (Å²) in [5.41, 5.74) is 6.33. The van der Waals surface area contributed by atoms with Crippen molar-refractivity contribution in [3.05, 3.63) is 0 Å². The first-order valence-corrected chi connectivity index (χ1v) is 7.68. The fourth-order valence-corrected chi connectivity index (χ4v) is 4.20. The normalized spacial score (nSPS) is 44.3. The van der Waals surface area contributed by atoms with Crippen molar-refractivity contribution in [1.82, 2.24) is 5.32 Å². The molecular formula is C15H26N2O2. The average molecular weight is 266 g/mol. The summed E-state index contributed by atoms with van der Waals surface area (Å²) in [5.74, 6) is 0.786. The number of amides is 1. The number of nitrogens with two attached hydrogens (primary N) is 1. The molecule has 3 fully saturated rings. The van der Waals surface area contributed by atoms with Gasteiger partial charge in [-0.1, -0.05) is 20.3 Å². The van der Waals surface area contributed by atoms with E-state index in [0.717, 1.165) is 38.7 Å². The number of hydrogen-bond acceptors (Lipinski definition) is 3. The molecule has 0 aromatic carbocycles.